The van der Waals surface area contributed by atoms with Crippen molar-refractivity contribution in [2.24, 2.45) is 5.92 Å². The zero-order valence-corrected chi connectivity index (χ0v) is 13.2. The molecule has 23 heavy (non-hydrogen) atoms. The molecule has 0 unspecified atom stereocenters. The Labute approximate surface area is 134 Å². The number of carbonyl (C=O) groups is 2. The van der Waals surface area contributed by atoms with Crippen LogP contribution >= 0.6 is 0 Å². The van der Waals surface area contributed by atoms with Gasteiger partial charge in [0.25, 0.3) is 0 Å². The molecule has 1 aromatic rings. The summed E-state index contributed by atoms with van der Waals surface area (Å²) in [5.74, 6) is -0.235. The van der Waals surface area contributed by atoms with Crippen molar-refractivity contribution in [2.75, 3.05) is 25.7 Å². The third-order valence-corrected chi connectivity index (χ3v) is 3.61. The lowest BCUT2D eigenvalue weighted by atomic mass is 10.1. The van der Waals surface area contributed by atoms with Crippen molar-refractivity contribution in [3.8, 4) is 17.6 Å². The maximum Gasteiger partial charge on any atom is 0.312 e. The highest BCUT2D eigenvalue weighted by Gasteiger charge is 2.37. The molecule has 1 heterocycles. The van der Waals surface area contributed by atoms with Crippen LogP contribution in [0, 0.1) is 17.2 Å². The number of benzene rings is 1. The minimum atomic E-state index is -0.831. The average Bonchev–Trinajstić information content (AvgIpc) is 2.95. The number of nitriles is 1. The fraction of sp³-hybridized carbons (Fsp3) is 0.438. The minimum absolute atomic E-state index is 0.0478. The molecule has 0 aromatic heterocycles. The number of anilines is 1. The number of hydrogen-bond acceptors (Lipinski definition) is 6. The van der Waals surface area contributed by atoms with Crippen molar-refractivity contribution in [3.05, 3.63) is 18.2 Å². The molecule has 1 saturated heterocycles. The van der Waals surface area contributed by atoms with E-state index in [4.69, 9.17) is 19.5 Å². The normalized spacial score (nSPS) is 18.3. The highest BCUT2D eigenvalue weighted by Crippen LogP contribution is 2.36. The van der Waals surface area contributed by atoms with Gasteiger partial charge in [0.05, 0.1) is 25.8 Å². The Morgan fingerprint density at radius 3 is 2.74 bits per heavy atom. The SMILES string of the molecule is COc1ccc(N2C[C@H](C(=O)O[C@@H](C)C#N)CC2=O)c(OC)c1. The number of rotatable bonds is 5. The van der Waals surface area contributed by atoms with Gasteiger partial charge >= 0.3 is 5.97 Å². The van der Waals surface area contributed by atoms with E-state index < -0.39 is 18.0 Å². The average molecular weight is 318 g/mol. The van der Waals surface area contributed by atoms with Crippen LogP contribution in [0.3, 0.4) is 0 Å². The van der Waals surface area contributed by atoms with Crippen LogP contribution in [0.25, 0.3) is 0 Å². The lowest BCUT2D eigenvalue weighted by Crippen LogP contribution is -2.27. The monoisotopic (exact) mass is 318 g/mol. The second kappa shape index (κ2) is 7.01. The second-order valence-corrected chi connectivity index (χ2v) is 5.15. The summed E-state index contributed by atoms with van der Waals surface area (Å²) in [6, 6.07) is 6.93. The first kappa shape index (κ1) is 16.6. The Hall–Kier alpha value is -2.75. The summed E-state index contributed by atoms with van der Waals surface area (Å²) in [6.07, 6.45) is -0.784. The summed E-state index contributed by atoms with van der Waals surface area (Å²) in [4.78, 5) is 25.7. The number of carbonyl (C=O) groups excluding carboxylic acids is 2. The summed E-state index contributed by atoms with van der Waals surface area (Å²) in [5, 5.41) is 8.69. The first-order chi connectivity index (χ1) is 11.0. The minimum Gasteiger partial charge on any atom is -0.497 e. The predicted molar refractivity (Wildman–Crippen MR) is 81.2 cm³/mol. The van der Waals surface area contributed by atoms with E-state index in [1.807, 2.05) is 6.07 Å². The van der Waals surface area contributed by atoms with Crippen LogP contribution in [0.5, 0.6) is 11.5 Å². The van der Waals surface area contributed by atoms with Gasteiger partial charge in [0, 0.05) is 19.0 Å². The third kappa shape index (κ3) is 3.54. The summed E-state index contributed by atoms with van der Waals surface area (Å²) in [7, 11) is 3.04. The standard InChI is InChI=1S/C16H18N2O5/c1-10(8-17)23-16(20)11-6-15(19)18(9-11)13-5-4-12(21-2)7-14(13)22-3/h4-5,7,10-11H,6,9H2,1-3H3/t10-,11+/m0/s1. The molecule has 0 radical (unpaired) electrons. The maximum atomic E-state index is 12.2. The number of esters is 1. The molecule has 0 saturated carbocycles. The van der Waals surface area contributed by atoms with Crippen LogP contribution in [0.2, 0.25) is 0 Å². The quantitative estimate of drug-likeness (QED) is 0.765. The molecule has 1 aliphatic heterocycles. The van der Waals surface area contributed by atoms with Crippen molar-refractivity contribution in [1.82, 2.24) is 0 Å². The number of methoxy groups -OCH3 is 2. The summed E-state index contributed by atoms with van der Waals surface area (Å²) >= 11 is 0. The molecule has 122 valence electrons. The number of amides is 1. The lowest BCUT2D eigenvalue weighted by molar-refractivity contribution is -0.150. The van der Waals surface area contributed by atoms with Crippen LogP contribution in [-0.2, 0) is 14.3 Å². The van der Waals surface area contributed by atoms with E-state index in [2.05, 4.69) is 0 Å². The van der Waals surface area contributed by atoms with E-state index in [1.165, 1.54) is 26.0 Å². The molecule has 0 bridgehead atoms. The molecule has 1 aromatic carbocycles. The highest BCUT2D eigenvalue weighted by atomic mass is 16.5. The zero-order valence-electron chi connectivity index (χ0n) is 13.2. The lowest BCUT2D eigenvalue weighted by Gasteiger charge is -2.20. The number of nitrogens with zero attached hydrogens (tertiary/aromatic N) is 2. The molecule has 0 N–H and O–H groups in total. The number of hydrogen-bond donors (Lipinski definition) is 0. The van der Waals surface area contributed by atoms with Gasteiger partial charge in [-0.1, -0.05) is 0 Å². The molecule has 7 nitrogen and oxygen atoms in total. The fourth-order valence-electron chi connectivity index (χ4n) is 2.40. The van der Waals surface area contributed by atoms with Gasteiger partial charge in [-0.2, -0.15) is 5.26 Å². The van der Waals surface area contributed by atoms with Crippen molar-refractivity contribution in [1.29, 1.82) is 5.26 Å². The van der Waals surface area contributed by atoms with Crippen LogP contribution < -0.4 is 14.4 Å². The second-order valence-electron chi connectivity index (χ2n) is 5.15. The first-order valence-corrected chi connectivity index (χ1v) is 7.12. The Bertz CT molecular complexity index is 652. The van der Waals surface area contributed by atoms with Gasteiger partial charge < -0.3 is 19.1 Å². The van der Waals surface area contributed by atoms with Gasteiger partial charge in [-0.05, 0) is 19.1 Å². The molecule has 0 spiro atoms. The number of ether oxygens (including phenoxy) is 3. The van der Waals surface area contributed by atoms with Crippen molar-refractivity contribution in [2.45, 2.75) is 19.4 Å². The summed E-state index contributed by atoms with van der Waals surface area (Å²) < 4.78 is 15.4. The van der Waals surface area contributed by atoms with Crippen molar-refractivity contribution >= 4 is 17.6 Å². The fourth-order valence-corrected chi connectivity index (χ4v) is 2.40. The zero-order chi connectivity index (χ0) is 17.0. The topological polar surface area (TPSA) is 88.9 Å². The molecular weight excluding hydrogens is 300 g/mol. The largest absolute Gasteiger partial charge is 0.497 e. The predicted octanol–water partition coefficient (Wildman–Crippen LogP) is 1.51. The molecule has 1 aliphatic rings. The maximum absolute atomic E-state index is 12.2. The Kier molecular flexibility index (Phi) is 5.06. The van der Waals surface area contributed by atoms with E-state index in [1.54, 1.807) is 18.2 Å². The summed E-state index contributed by atoms with van der Waals surface area (Å²) in [5.41, 5.74) is 0.571. The van der Waals surface area contributed by atoms with E-state index in [0.717, 1.165) is 0 Å². The van der Waals surface area contributed by atoms with Crippen LogP contribution in [0.4, 0.5) is 5.69 Å². The molecule has 1 fully saturated rings. The molecule has 1 amide bonds. The van der Waals surface area contributed by atoms with Gasteiger partial charge in [0.1, 0.15) is 17.6 Å². The van der Waals surface area contributed by atoms with E-state index >= 15 is 0 Å². The van der Waals surface area contributed by atoms with Crippen molar-refractivity contribution < 1.29 is 23.8 Å². The van der Waals surface area contributed by atoms with E-state index in [0.29, 0.717) is 17.2 Å². The van der Waals surface area contributed by atoms with Gasteiger partial charge in [0.2, 0.25) is 5.91 Å². The van der Waals surface area contributed by atoms with Gasteiger partial charge in [-0.15, -0.1) is 0 Å². The van der Waals surface area contributed by atoms with Gasteiger partial charge in [-0.25, -0.2) is 0 Å². The Morgan fingerprint density at radius 2 is 2.13 bits per heavy atom. The first-order valence-electron chi connectivity index (χ1n) is 7.12. The van der Waals surface area contributed by atoms with E-state index in [-0.39, 0.29) is 18.9 Å². The van der Waals surface area contributed by atoms with Crippen LogP contribution in [0.1, 0.15) is 13.3 Å². The molecular formula is C16H18N2O5. The van der Waals surface area contributed by atoms with Crippen LogP contribution in [-0.4, -0.2) is 38.7 Å². The summed E-state index contributed by atoms with van der Waals surface area (Å²) in [6.45, 7) is 1.68. The van der Waals surface area contributed by atoms with Gasteiger partial charge in [0.15, 0.2) is 6.10 Å². The third-order valence-electron chi connectivity index (χ3n) is 3.61. The molecule has 7 heteroatoms. The molecule has 2 atom stereocenters. The van der Waals surface area contributed by atoms with Crippen LogP contribution in [0.15, 0.2) is 18.2 Å². The molecule has 2 rings (SSSR count). The Balaban J connectivity index is 2.18. The van der Waals surface area contributed by atoms with E-state index in [9.17, 15) is 9.59 Å². The highest BCUT2D eigenvalue weighted by molar-refractivity contribution is 6.00. The Morgan fingerprint density at radius 1 is 1.39 bits per heavy atom. The van der Waals surface area contributed by atoms with Gasteiger partial charge in [-0.3, -0.25) is 9.59 Å². The smallest absolute Gasteiger partial charge is 0.312 e. The molecule has 0 aliphatic carbocycles. The van der Waals surface area contributed by atoms with Crippen molar-refractivity contribution in [3.63, 3.8) is 0 Å².